The van der Waals surface area contributed by atoms with E-state index in [1.54, 1.807) is 6.92 Å². The summed E-state index contributed by atoms with van der Waals surface area (Å²) in [6.45, 7) is 4.15. The number of rotatable bonds is 1. The summed E-state index contributed by atoms with van der Waals surface area (Å²) in [4.78, 5) is 0. The molecule has 1 aliphatic rings. The van der Waals surface area contributed by atoms with E-state index < -0.39 is 0 Å². The third-order valence-corrected chi connectivity index (χ3v) is 1.49. The zero-order valence-electron chi connectivity index (χ0n) is 5.63. The summed E-state index contributed by atoms with van der Waals surface area (Å²) in [6, 6.07) is 0. The highest BCUT2D eigenvalue weighted by Crippen LogP contribution is 2.00. The minimum atomic E-state index is -0.349. The molecule has 2 N–H and O–H groups in total. The first-order chi connectivity index (χ1) is 4.30. The van der Waals surface area contributed by atoms with Gasteiger partial charge in [0, 0.05) is 13.1 Å². The molecule has 2 atom stereocenters. The Labute approximate surface area is 55.0 Å². The Balaban J connectivity index is 2.23. The van der Waals surface area contributed by atoms with E-state index in [4.69, 9.17) is 9.84 Å². The van der Waals surface area contributed by atoms with Crippen LogP contribution < -0.4 is 5.32 Å². The van der Waals surface area contributed by atoms with E-state index in [1.807, 2.05) is 0 Å². The van der Waals surface area contributed by atoms with Gasteiger partial charge in [0.1, 0.15) is 0 Å². The lowest BCUT2D eigenvalue weighted by molar-refractivity contribution is -0.0445. The first kappa shape index (κ1) is 6.99. The molecule has 1 heterocycles. The van der Waals surface area contributed by atoms with Gasteiger partial charge >= 0.3 is 0 Å². The van der Waals surface area contributed by atoms with E-state index in [9.17, 15) is 0 Å². The Bertz CT molecular complexity index is 79.1. The quantitative estimate of drug-likeness (QED) is 0.497. The van der Waals surface area contributed by atoms with Crippen LogP contribution in [0.25, 0.3) is 0 Å². The molecule has 0 saturated carbocycles. The van der Waals surface area contributed by atoms with Gasteiger partial charge < -0.3 is 15.2 Å². The van der Waals surface area contributed by atoms with Crippen molar-refractivity contribution in [2.75, 3.05) is 19.7 Å². The number of aliphatic hydroxyl groups excluding tert-OH is 1. The first-order valence-electron chi connectivity index (χ1n) is 3.31. The van der Waals surface area contributed by atoms with Crippen LogP contribution in [0.4, 0.5) is 0 Å². The van der Waals surface area contributed by atoms with E-state index in [-0.39, 0.29) is 12.2 Å². The van der Waals surface area contributed by atoms with Gasteiger partial charge in [0.2, 0.25) is 0 Å². The topological polar surface area (TPSA) is 41.5 Å². The van der Waals surface area contributed by atoms with E-state index in [0.717, 1.165) is 19.7 Å². The van der Waals surface area contributed by atoms with E-state index in [0.29, 0.717) is 0 Å². The summed E-state index contributed by atoms with van der Waals surface area (Å²) >= 11 is 0. The van der Waals surface area contributed by atoms with E-state index in [1.165, 1.54) is 0 Å². The Morgan fingerprint density at radius 2 is 2.56 bits per heavy atom. The summed E-state index contributed by atoms with van der Waals surface area (Å²) in [5, 5.41) is 12.1. The number of aliphatic hydroxyl groups is 1. The molecule has 9 heavy (non-hydrogen) atoms. The minimum absolute atomic E-state index is 0.00116. The Hall–Kier alpha value is -0.120. The monoisotopic (exact) mass is 131 g/mol. The zero-order valence-corrected chi connectivity index (χ0v) is 5.63. The molecular formula is C6H13NO2. The summed E-state index contributed by atoms with van der Waals surface area (Å²) in [6.07, 6.45) is -0.350. The molecule has 1 rings (SSSR count). The Morgan fingerprint density at radius 1 is 1.78 bits per heavy atom. The summed E-state index contributed by atoms with van der Waals surface area (Å²) < 4.78 is 5.23. The minimum Gasteiger partial charge on any atom is -0.391 e. The van der Waals surface area contributed by atoms with Crippen molar-refractivity contribution in [2.45, 2.75) is 19.1 Å². The standard InChI is InChI=1S/C6H13NO2/c1-5(8)6-4-7-2-3-9-6/h5-8H,2-4H2,1H3/t5?,6-/m0/s1. The van der Waals surface area contributed by atoms with Crippen molar-refractivity contribution in [1.82, 2.24) is 5.32 Å². The summed E-state index contributed by atoms with van der Waals surface area (Å²) in [5.74, 6) is 0. The fourth-order valence-electron chi connectivity index (χ4n) is 0.896. The number of ether oxygens (including phenoxy) is 1. The van der Waals surface area contributed by atoms with Gasteiger partial charge in [0.05, 0.1) is 18.8 Å². The molecule has 1 saturated heterocycles. The molecule has 0 radical (unpaired) electrons. The van der Waals surface area contributed by atoms with Crippen LogP contribution in [-0.2, 0) is 4.74 Å². The highest BCUT2D eigenvalue weighted by molar-refractivity contribution is 4.71. The van der Waals surface area contributed by atoms with Crippen molar-refractivity contribution in [1.29, 1.82) is 0 Å². The van der Waals surface area contributed by atoms with Crippen molar-refractivity contribution in [3.63, 3.8) is 0 Å². The fourth-order valence-corrected chi connectivity index (χ4v) is 0.896. The van der Waals surface area contributed by atoms with Crippen LogP contribution in [0.2, 0.25) is 0 Å². The highest BCUT2D eigenvalue weighted by atomic mass is 16.5. The molecule has 3 heteroatoms. The number of morpholine rings is 1. The molecule has 3 nitrogen and oxygen atoms in total. The summed E-state index contributed by atoms with van der Waals surface area (Å²) in [7, 11) is 0. The molecule has 0 bridgehead atoms. The Kier molecular flexibility index (Phi) is 2.45. The van der Waals surface area contributed by atoms with Crippen LogP contribution in [0.15, 0.2) is 0 Å². The van der Waals surface area contributed by atoms with Crippen molar-refractivity contribution in [3.05, 3.63) is 0 Å². The average Bonchev–Trinajstić information content (AvgIpc) is 1.90. The lowest BCUT2D eigenvalue weighted by Crippen LogP contribution is -2.43. The zero-order chi connectivity index (χ0) is 6.69. The highest BCUT2D eigenvalue weighted by Gasteiger charge is 2.17. The smallest absolute Gasteiger partial charge is 0.0955 e. The largest absolute Gasteiger partial charge is 0.391 e. The molecule has 0 aromatic carbocycles. The fraction of sp³-hybridized carbons (Fsp3) is 1.00. The van der Waals surface area contributed by atoms with Gasteiger partial charge in [-0.05, 0) is 6.92 Å². The normalized spacial score (nSPS) is 32.0. The maximum Gasteiger partial charge on any atom is 0.0955 e. The van der Waals surface area contributed by atoms with Gasteiger partial charge in [-0.3, -0.25) is 0 Å². The van der Waals surface area contributed by atoms with Gasteiger partial charge in [0.25, 0.3) is 0 Å². The van der Waals surface area contributed by atoms with Gasteiger partial charge in [0.15, 0.2) is 0 Å². The molecule has 0 spiro atoms. The van der Waals surface area contributed by atoms with Crippen LogP contribution in [0.3, 0.4) is 0 Å². The van der Waals surface area contributed by atoms with Crippen molar-refractivity contribution < 1.29 is 9.84 Å². The second-order valence-electron chi connectivity index (χ2n) is 2.35. The molecule has 1 fully saturated rings. The van der Waals surface area contributed by atoms with E-state index in [2.05, 4.69) is 5.32 Å². The summed E-state index contributed by atoms with van der Waals surface area (Å²) in [5.41, 5.74) is 0. The second kappa shape index (κ2) is 3.15. The Morgan fingerprint density at radius 3 is 2.89 bits per heavy atom. The first-order valence-corrected chi connectivity index (χ1v) is 3.31. The molecule has 0 amide bonds. The van der Waals surface area contributed by atoms with Crippen molar-refractivity contribution in [3.8, 4) is 0 Å². The maximum atomic E-state index is 9.01. The van der Waals surface area contributed by atoms with Crippen molar-refractivity contribution in [2.24, 2.45) is 0 Å². The van der Waals surface area contributed by atoms with Gasteiger partial charge in [-0.2, -0.15) is 0 Å². The molecular weight excluding hydrogens is 118 g/mol. The lowest BCUT2D eigenvalue weighted by Gasteiger charge is -2.25. The maximum absolute atomic E-state index is 9.01. The van der Waals surface area contributed by atoms with Gasteiger partial charge in [-0.25, -0.2) is 0 Å². The van der Waals surface area contributed by atoms with Gasteiger partial charge in [-0.1, -0.05) is 0 Å². The molecule has 0 aliphatic carbocycles. The third kappa shape index (κ3) is 1.93. The van der Waals surface area contributed by atoms with Crippen molar-refractivity contribution >= 4 is 0 Å². The third-order valence-electron chi connectivity index (χ3n) is 1.49. The molecule has 54 valence electrons. The van der Waals surface area contributed by atoms with Crippen LogP contribution >= 0.6 is 0 Å². The molecule has 1 unspecified atom stereocenters. The predicted molar refractivity (Wildman–Crippen MR) is 34.3 cm³/mol. The number of hydrogen-bond acceptors (Lipinski definition) is 3. The average molecular weight is 131 g/mol. The number of hydrogen-bond donors (Lipinski definition) is 2. The SMILES string of the molecule is CC(O)[C@@H]1CNCCO1. The number of nitrogens with one attached hydrogen (secondary N) is 1. The van der Waals surface area contributed by atoms with Crippen LogP contribution in [-0.4, -0.2) is 37.0 Å². The predicted octanol–water partition coefficient (Wildman–Crippen LogP) is -0.644. The second-order valence-corrected chi connectivity index (χ2v) is 2.35. The van der Waals surface area contributed by atoms with Crippen LogP contribution in [0, 0.1) is 0 Å². The van der Waals surface area contributed by atoms with E-state index >= 15 is 0 Å². The van der Waals surface area contributed by atoms with Crippen LogP contribution in [0.5, 0.6) is 0 Å². The van der Waals surface area contributed by atoms with Gasteiger partial charge in [-0.15, -0.1) is 0 Å². The lowest BCUT2D eigenvalue weighted by atomic mass is 10.2. The molecule has 1 aliphatic heterocycles. The van der Waals surface area contributed by atoms with Crippen LogP contribution in [0.1, 0.15) is 6.92 Å². The molecule has 0 aromatic rings. The molecule has 0 aromatic heterocycles.